The zero-order chi connectivity index (χ0) is 11.3. The first-order chi connectivity index (χ1) is 7.13. The molecule has 1 aromatic rings. The van der Waals surface area contributed by atoms with Crippen LogP contribution in [0.3, 0.4) is 0 Å². The van der Waals surface area contributed by atoms with Gasteiger partial charge >= 0.3 is 0 Å². The van der Waals surface area contributed by atoms with E-state index in [1.54, 1.807) is 31.2 Å². The van der Waals surface area contributed by atoms with Gasteiger partial charge < -0.3 is 10.5 Å². The molecule has 4 heteroatoms. The van der Waals surface area contributed by atoms with E-state index in [2.05, 4.69) is 0 Å². The highest BCUT2D eigenvalue weighted by Gasteiger charge is 2.08. The molecule has 1 aromatic carbocycles. The molecule has 80 valence electrons. The molecule has 0 radical (unpaired) electrons. The minimum absolute atomic E-state index is 0.246. The molecule has 0 saturated heterocycles. The van der Waals surface area contributed by atoms with Gasteiger partial charge in [0.2, 0.25) is 5.91 Å². The molecule has 15 heavy (non-hydrogen) atoms. The SMILES string of the molecule is CC(COc1ccc(C=O)cc1)C(N)=O. The third-order valence-corrected chi connectivity index (χ3v) is 2.00. The van der Waals surface area contributed by atoms with Crippen LogP contribution in [0.5, 0.6) is 5.75 Å². The predicted octanol–water partition coefficient (Wildman–Crippen LogP) is 0.999. The molecule has 0 fully saturated rings. The number of primary amides is 1. The smallest absolute Gasteiger partial charge is 0.223 e. The lowest BCUT2D eigenvalue weighted by Gasteiger charge is -2.09. The maximum Gasteiger partial charge on any atom is 0.223 e. The monoisotopic (exact) mass is 207 g/mol. The molecule has 0 aliphatic carbocycles. The average Bonchev–Trinajstić information content (AvgIpc) is 2.26. The number of aldehydes is 1. The van der Waals surface area contributed by atoms with Gasteiger partial charge in [-0.1, -0.05) is 6.92 Å². The first kappa shape index (κ1) is 11.2. The van der Waals surface area contributed by atoms with Crippen molar-refractivity contribution in [2.75, 3.05) is 6.61 Å². The zero-order valence-electron chi connectivity index (χ0n) is 8.47. The minimum atomic E-state index is -0.389. The second-order valence-corrected chi connectivity index (χ2v) is 3.30. The number of hydrogen-bond acceptors (Lipinski definition) is 3. The quantitative estimate of drug-likeness (QED) is 0.732. The molecule has 0 aromatic heterocycles. The summed E-state index contributed by atoms with van der Waals surface area (Å²) in [7, 11) is 0. The van der Waals surface area contributed by atoms with Crippen LogP contribution < -0.4 is 10.5 Å². The Labute approximate surface area is 88.0 Å². The third-order valence-electron chi connectivity index (χ3n) is 2.00. The topological polar surface area (TPSA) is 69.4 Å². The highest BCUT2D eigenvalue weighted by molar-refractivity contribution is 5.76. The second kappa shape index (κ2) is 5.14. The van der Waals surface area contributed by atoms with E-state index in [9.17, 15) is 9.59 Å². The van der Waals surface area contributed by atoms with Crippen LogP contribution in [0.1, 0.15) is 17.3 Å². The summed E-state index contributed by atoms with van der Waals surface area (Å²) in [6.45, 7) is 1.94. The van der Waals surface area contributed by atoms with E-state index in [0.717, 1.165) is 6.29 Å². The van der Waals surface area contributed by atoms with Crippen LogP contribution in [-0.4, -0.2) is 18.8 Å². The molecule has 2 N–H and O–H groups in total. The summed E-state index contributed by atoms with van der Waals surface area (Å²) >= 11 is 0. The van der Waals surface area contributed by atoms with Crippen molar-refractivity contribution in [3.8, 4) is 5.75 Å². The molecule has 4 nitrogen and oxygen atoms in total. The Kier molecular flexibility index (Phi) is 3.85. The number of rotatable bonds is 5. The second-order valence-electron chi connectivity index (χ2n) is 3.30. The van der Waals surface area contributed by atoms with Gasteiger partial charge in [-0.3, -0.25) is 9.59 Å². The summed E-state index contributed by atoms with van der Waals surface area (Å²) in [6.07, 6.45) is 0.760. The average molecular weight is 207 g/mol. The third kappa shape index (κ3) is 3.42. The largest absolute Gasteiger partial charge is 0.493 e. The van der Waals surface area contributed by atoms with E-state index >= 15 is 0 Å². The molecule has 1 rings (SSSR count). The molecule has 1 atom stereocenters. The normalized spacial score (nSPS) is 11.8. The van der Waals surface area contributed by atoms with Crippen LogP contribution >= 0.6 is 0 Å². The first-order valence-corrected chi connectivity index (χ1v) is 4.61. The van der Waals surface area contributed by atoms with Crippen molar-refractivity contribution in [1.29, 1.82) is 0 Å². The van der Waals surface area contributed by atoms with Gasteiger partial charge in [0.05, 0.1) is 12.5 Å². The van der Waals surface area contributed by atoms with Crippen LogP contribution in [-0.2, 0) is 4.79 Å². The van der Waals surface area contributed by atoms with Crippen molar-refractivity contribution in [2.24, 2.45) is 11.7 Å². The Morgan fingerprint density at radius 3 is 2.53 bits per heavy atom. The van der Waals surface area contributed by atoms with Crippen molar-refractivity contribution < 1.29 is 14.3 Å². The van der Waals surface area contributed by atoms with Crippen LogP contribution in [0.2, 0.25) is 0 Å². The molecular formula is C11H13NO3. The van der Waals surface area contributed by atoms with Crippen LogP contribution in [0, 0.1) is 5.92 Å². The van der Waals surface area contributed by atoms with E-state index in [-0.39, 0.29) is 18.4 Å². The van der Waals surface area contributed by atoms with Gasteiger partial charge in [-0.25, -0.2) is 0 Å². The minimum Gasteiger partial charge on any atom is -0.493 e. The van der Waals surface area contributed by atoms with Gasteiger partial charge in [0.15, 0.2) is 0 Å². The number of nitrogens with two attached hydrogens (primary N) is 1. The number of benzene rings is 1. The van der Waals surface area contributed by atoms with Gasteiger partial charge in [-0.2, -0.15) is 0 Å². The highest BCUT2D eigenvalue weighted by atomic mass is 16.5. The maximum atomic E-state index is 10.7. The lowest BCUT2D eigenvalue weighted by atomic mass is 10.2. The van der Waals surface area contributed by atoms with Crippen molar-refractivity contribution in [1.82, 2.24) is 0 Å². The maximum absolute atomic E-state index is 10.7. The van der Waals surface area contributed by atoms with Crippen LogP contribution in [0.4, 0.5) is 0 Å². The molecule has 1 amide bonds. The van der Waals surface area contributed by atoms with Crippen molar-refractivity contribution in [3.63, 3.8) is 0 Å². The molecule has 0 aliphatic rings. The fourth-order valence-corrected chi connectivity index (χ4v) is 0.946. The number of ether oxygens (including phenoxy) is 1. The van der Waals surface area contributed by atoms with Crippen LogP contribution in [0.25, 0.3) is 0 Å². The summed E-state index contributed by atoms with van der Waals surface area (Å²) in [6, 6.07) is 6.66. The number of amides is 1. The molecule has 1 unspecified atom stereocenters. The Morgan fingerprint density at radius 1 is 1.47 bits per heavy atom. The van der Waals surface area contributed by atoms with E-state index in [0.29, 0.717) is 11.3 Å². The Balaban J connectivity index is 2.51. The molecule has 0 saturated carbocycles. The summed E-state index contributed by atoms with van der Waals surface area (Å²) in [5.41, 5.74) is 5.67. The fourth-order valence-electron chi connectivity index (χ4n) is 0.946. The van der Waals surface area contributed by atoms with Crippen LogP contribution in [0.15, 0.2) is 24.3 Å². The highest BCUT2D eigenvalue weighted by Crippen LogP contribution is 2.12. The lowest BCUT2D eigenvalue weighted by Crippen LogP contribution is -2.25. The number of hydrogen-bond donors (Lipinski definition) is 1. The van der Waals surface area contributed by atoms with Gasteiger partial charge in [-0.05, 0) is 24.3 Å². The predicted molar refractivity (Wildman–Crippen MR) is 55.7 cm³/mol. The van der Waals surface area contributed by atoms with E-state index in [1.165, 1.54) is 0 Å². The molecule has 0 spiro atoms. The molecular weight excluding hydrogens is 194 g/mol. The summed E-state index contributed by atoms with van der Waals surface area (Å²) < 4.78 is 5.31. The van der Waals surface area contributed by atoms with E-state index in [1.807, 2.05) is 0 Å². The van der Waals surface area contributed by atoms with E-state index in [4.69, 9.17) is 10.5 Å². The van der Waals surface area contributed by atoms with Gasteiger partial charge in [-0.15, -0.1) is 0 Å². The fraction of sp³-hybridized carbons (Fsp3) is 0.273. The molecule has 0 heterocycles. The van der Waals surface area contributed by atoms with Crippen molar-refractivity contribution >= 4 is 12.2 Å². The zero-order valence-corrected chi connectivity index (χ0v) is 8.47. The number of carbonyl (C=O) groups is 2. The Bertz CT molecular complexity index is 345. The lowest BCUT2D eigenvalue weighted by molar-refractivity contribution is -0.122. The van der Waals surface area contributed by atoms with Gasteiger partial charge in [0.25, 0.3) is 0 Å². The van der Waals surface area contributed by atoms with Gasteiger partial charge in [0, 0.05) is 5.56 Å². The summed E-state index contributed by atoms with van der Waals surface area (Å²) in [5, 5.41) is 0. The first-order valence-electron chi connectivity index (χ1n) is 4.61. The van der Waals surface area contributed by atoms with Crippen molar-refractivity contribution in [3.05, 3.63) is 29.8 Å². The van der Waals surface area contributed by atoms with Gasteiger partial charge in [0.1, 0.15) is 12.0 Å². The number of carbonyl (C=O) groups excluding carboxylic acids is 2. The standard InChI is InChI=1S/C11H13NO3/c1-8(11(12)14)7-15-10-4-2-9(6-13)3-5-10/h2-6,8H,7H2,1H3,(H2,12,14). The molecule has 0 aliphatic heterocycles. The van der Waals surface area contributed by atoms with Crippen molar-refractivity contribution in [2.45, 2.75) is 6.92 Å². The summed E-state index contributed by atoms with van der Waals surface area (Å²) in [5.74, 6) is -0.0936. The van der Waals surface area contributed by atoms with E-state index < -0.39 is 0 Å². The Morgan fingerprint density at radius 2 is 2.07 bits per heavy atom. The Hall–Kier alpha value is -1.84. The molecule has 0 bridgehead atoms. The summed E-state index contributed by atoms with van der Waals surface area (Å²) in [4.78, 5) is 21.1.